The van der Waals surface area contributed by atoms with Gasteiger partial charge in [-0.25, -0.2) is 0 Å². The van der Waals surface area contributed by atoms with Crippen LogP contribution >= 0.6 is 15.9 Å². The third kappa shape index (κ3) is 6.58. The molecule has 2 unspecified atom stereocenters. The second kappa shape index (κ2) is 11.2. The Bertz CT molecular complexity index is 795. The van der Waals surface area contributed by atoms with Crippen LogP contribution in [0.4, 0.5) is 0 Å². The lowest BCUT2D eigenvalue weighted by Crippen LogP contribution is -2.49. The Kier molecular flexibility index (Phi) is 8.58. The maximum atomic E-state index is 12.7. The quantitative estimate of drug-likeness (QED) is 0.578. The van der Waals surface area contributed by atoms with Crippen LogP contribution in [0.5, 0.6) is 11.5 Å². The molecule has 170 valence electrons. The maximum absolute atomic E-state index is 12.7. The molecule has 7 nitrogen and oxygen atoms in total. The van der Waals surface area contributed by atoms with Gasteiger partial charge in [-0.05, 0) is 61.5 Å². The molecule has 2 aliphatic heterocycles. The van der Waals surface area contributed by atoms with Crippen molar-refractivity contribution in [1.82, 2.24) is 9.80 Å². The number of morpholine rings is 1. The molecule has 0 bridgehead atoms. The van der Waals surface area contributed by atoms with Gasteiger partial charge in [0.15, 0.2) is 18.1 Å². The standard InChI is InChI=1S/C23H32BrN3O4/c1-4-29-21-10-19(11-25)9-20(24)23(21)30-15-22(28)27-7-5-18(6-8-27)14-26-12-16(2)31-17(3)13-26/h9-10,16-18H,4-8,12-15H2,1-3H3. The van der Waals surface area contributed by atoms with E-state index >= 15 is 0 Å². The highest BCUT2D eigenvalue weighted by Crippen LogP contribution is 2.37. The fraction of sp³-hybridized carbons (Fsp3) is 0.652. The van der Waals surface area contributed by atoms with Crippen molar-refractivity contribution in [3.8, 4) is 17.6 Å². The molecule has 0 spiro atoms. The van der Waals surface area contributed by atoms with Gasteiger partial charge in [0.1, 0.15) is 0 Å². The number of amides is 1. The Hall–Kier alpha value is -1.82. The van der Waals surface area contributed by atoms with E-state index in [9.17, 15) is 4.79 Å². The second-order valence-electron chi connectivity index (χ2n) is 8.42. The molecule has 0 aliphatic carbocycles. The summed E-state index contributed by atoms with van der Waals surface area (Å²) in [5.74, 6) is 1.51. The van der Waals surface area contributed by atoms with Gasteiger partial charge in [-0.3, -0.25) is 9.69 Å². The largest absolute Gasteiger partial charge is 0.490 e. The molecule has 1 amide bonds. The smallest absolute Gasteiger partial charge is 0.260 e. The number of likely N-dealkylation sites (tertiary alicyclic amines) is 1. The normalized spacial score (nSPS) is 22.7. The summed E-state index contributed by atoms with van der Waals surface area (Å²) in [6, 6.07) is 5.40. The topological polar surface area (TPSA) is 75.0 Å². The van der Waals surface area contributed by atoms with Crippen molar-refractivity contribution in [2.75, 3.05) is 45.9 Å². The molecule has 1 aromatic carbocycles. The van der Waals surface area contributed by atoms with Gasteiger partial charge >= 0.3 is 0 Å². The predicted octanol–water partition coefficient (Wildman–Crippen LogP) is 3.45. The number of rotatable bonds is 7. The van der Waals surface area contributed by atoms with E-state index in [1.165, 1.54) is 0 Å². The number of hydrogen-bond acceptors (Lipinski definition) is 6. The molecule has 31 heavy (non-hydrogen) atoms. The van der Waals surface area contributed by atoms with E-state index in [1.54, 1.807) is 12.1 Å². The SMILES string of the molecule is CCOc1cc(C#N)cc(Br)c1OCC(=O)N1CCC(CN2CC(C)OC(C)C2)CC1. The summed E-state index contributed by atoms with van der Waals surface area (Å²) < 4.78 is 17.8. The molecular formula is C23H32BrN3O4. The van der Waals surface area contributed by atoms with Gasteiger partial charge < -0.3 is 19.1 Å². The van der Waals surface area contributed by atoms with E-state index in [1.807, 2.05) is 11.8 Å². The van der Waals surface area contributed by atoms with E-state index in [0.29, 0.717) is 34.1 Å². The van der Waals surface area contributed by atoms with E-state index in [0.717, 1.165) is 45.6 Å². The van der Waals surface area contributed by atoms with Crippen molar-refractivity contribution < 1.29 is 19.0 Å². The number of nitriles is 1. The minimum atomic E-state index is -0.0479. The number of nitrogens with zero attached hydrogens (tertiary/aromatic N) is 3. The third-order valence-corrected chi connectivity index (χ3v) is 6.35. The van der Waals surface area contributed by atoms with Crippen LogP contribution in [0.3, 0.4) is 0 Å². The highest BCUT2D eigenvalue weighted by atomic mass is 79.9. The lowest BCUT2D eigenvalue weighted by molar-refractivity contribution is -0.135. The molecule has 0 radical (unpaired) electrons. The molecule has 0 aromatic heterocycles. The highest BCUT2D eigenvalue weighted by molar-refractivity contribution is 9.10. The molecule has 0 N–H and O–H groups in total. The number of hydrogen-bond donors (Lipinski definition) is 0. The van der Waals surface area contributed by atoms with Crippen LogP contribution in [0.25, 0.3) is 0 Å². The van der Waals surface area contributed by atoms with Crippen LogP contribution in [-0.2, 0) is 9.53 Å². The van der Waals surface area contributed by atoms with Gasteiger partial charge in [0, 0.05) is 38.8 Å². The number of carbonyl (C=O) groups is 1. The van der Waals surface area contributed by atoms with Gasteiger partial charge in [-0.15, -0.1) is 0 Å². The van der Waals surface area contributed by atoms with Crippen molar-refractivity contribution in [2.24, 2.45) is 5.92 Å². The average molecular weight is 494 g/mol. The Balaban J connectivity index is 1.49. The summed E-state index contributed by atoms with van der Waals surface area (Å²) in [6.07, 6.45) is 2.59. The van der Waals surface area contributed by atoms with Gasteiger partial charge in [0.2, 0.25) is 0 Å². The molecular weight excluding hydrogens is 462 g/mol. The number of benzene rings is 1. The number of piperidine rings is 1. The summed E-state index contributed by atoms with van der Waals surface area (Å²) in [4.78, 5) is 17.1. The van der Waals surface area contributed by atoms with Crippen LogP contribution in [0.15, 0.2) is 16.6 Å². The molecule has 2 atom stereocenters. The minimum Gasteiger partial charge on any atom is -0.490 e. The fourth-order valence-electron chi connectivity index (χ4n) is 4.42. The van der Waals surface area contributed by atoms with Crippen LogP contribution in [0.2, 0.25) is 0 Å². The van der Waals surface area contributed by atoms with Crippen molar-refractivity contribution >= 4 is 21.8 Å². The predicted molar refractivity (Wildman–Crippen MR) is 121 cm³/mol. The molecule has 2 aliphatic rings. The van der Waals surface area contributed by atoms with Crippen LogP contribution in [-0.4, -0.2) is 73.9 Å². The van der Waals surface area contributed by atoms with Gasteiger partial charge in [-0.1, -0.05) is 0 Å². The Labute approximate surface area is 193 Å². The van der Waals surface area contributed by atoms with E-state index < -0.39 is 0 Å². The molecule has 2 saturated heterocycles. The zero-order chi connectivity index (χ0) is 22.4. The second-order valence-corrected chi connectivity index (χ2v) is 9.27. The number of halogens is 1. The minimum absolute atomic E-state index is 0.0224. The Morgan fingerprint density at radius 1 is 1.23 bits per heavy atom. The van der Waals surface area contributed by atoms with E-state index in [4.69, 9.17) is 19.5 Å². The van der Waals surface area contributed by atoms with Crippen molar-refractivity contribution in [1.29, 1.82) is 5.26 Å². The zero-order valence-electron chi connectivity index (χ0n) is 18.6. The van der Waals surface area contributed by atoms with Gasteiger partial charge in [0.25, 0.3) is 5.91 Å². The summed E-state index contributed by atoms with van der Waals surface area (Å²) in [5, 5.41) is 9.15. The summed E-state index contributed by atoms with van der Waals surface area (Å²) >= 11 is 3.42. The molecule has 3 rings (SSSR count). The molecule has 2 heterocycles. The molecule has 1 aromatic rings. The number of carbonyl (C=O) groups excluding carboxylic acids is 1. The summed E-state index contributed by atoms with van der Waals surface area (Å²) in [7, 11) is 0. The van der Waals surface area contributed by atoms with Crippen LogP contribution < -0.4 is 9.47 Å². The third-order valence-electron chi connectivity index (χ3n) is 5.76. The molecule has 2 fully saturated rings. The zero-order valence-corrected chi connectivity index (χ0v) is 20.2. The first-order valence-electron chi connectivity index (χ1n) is 11.0. The summed E-state index contributed by atoms with van der Waals surface area (Å²) in [6.45, 7) is 11.1. The average Bonchev–Trinajstić information content (AvgIpc) is 2.72. The van der Waals surface area contributed by atoms with Crippen molar-refractivity contribution in [3.05, 3.63) is 22.2 Å². The van der Waals surface area contributed by atoms with Crippen LogP contribution in [0, 0.1) is 17.2 Å². The summed E-state index contributed by atoms with van der Waals surface area (Å²) in [5.41, 5.74) is 0.472. The first-order valence-corrected chi connectivity index (χ1v) is 11.8. The Morgan fingerprint density at radius 3 is 2.52 bits per heavy atom. The lowest BCUT2D eigenvalue weighted by Gasteiger charge is -2.39. The van der Waals surface area contributed by atoms with Gasteiger partial charge in [0.05, 0.1) is 34.9 Å². The molecule has 0 saturated carbocycles. The lowest BCUT2D eigenvalue weighted by atomic mass is 9.95. The van der Waals surface area contributed by atoms with Crippen molar-refractivity contribution in [2.45, 2.75) is 45.8 Å². The first-order chi connectivity index (χ1) is 14.9. The number of ether oxygens (including phenoxy) is 3. The first kappa shape index (κ1) is 23.8. The Morgan fingerprint density at radius 2 is 1.90 bits per heavy atom. The monoisotopic (exact) mass is 493 g/mol. The van der Waals surface area contributed by atoms with Crippen LogP contribution in [0.1, 0.15) is 39.2 Å². The van der Waals surface area contributed by atoms with Crippen molar-refractivity contribution in [3.63, 3.8) is 0 Å². The molecule has 8 heteroatoms. The highest BCUT2D eigenvalue weighted by Gasteiger charge is 2.28. The van der Waals surface area contributed by atoms with Gasteiger partial charge in [-0.2, -0.15) is 5.26 Å². The fourth-order valence-corrected chi connectivity index (χ4v) is 4.98. The van der Waals surface area contributed by atoms with E-state index in [2.05, 4.69) is 40.7 Å². The maximum Gasteiger partial charge on any atom is 0.260 e. The van der Waals surface area contributed by atoms with E-state index in [-0.39, 0.29) is 24.7 Å².